The molecule has 0 saturated heterocycles. The maximum absolute atomic E-state index is 5.77. The van der Waals surface area contributed by atoms with E-state index in [0.717, 1.165) is 36.8 Å². The first kappa shape index (κ1) is 24.3. The highest BCUT2D eigenvalue weighted by molar-refractivity contribution is 14.0. The van der Waals surface area contributed by atoms with Crippen LogP contribution in [0.25, 0.3) is 0 Å². The van der Waals surface area contributed by atoms with Gasteiger partial charge in [0, 0.05) is 24.8 Å². The van der Waals surface area contributed by atoms with Crippen LogP contribution in [0, 0.1) is 6.92 Å². The minimum atomic E-state index is 0. The number of benzene rings is 1. The molecule has 28 heavy (non-hydrogen) atoms. The summed E-state index contributed by atoms with van der Waals surface area (Å²) in [6.45, 7) is 11.2. The molecular weight excluding hydrogens is 465 g/mol. The van der Waals surface area contributed by atoms with Crippen molar-refractivity contribution in [1.29, 1.82) is 0 Å². The molecule has 0 amide bonds. The molecule has 0 aliphatic carbocycles. The summed E-state index contributed by atoms with van der Waals surface area (Å²) in [5, 5.41) is 11.3. The lowest BCUT2D eigenvalue weighted by Crippen LogP contribution is -2.39. The number of aryl methyl sites for hydroxylation is 3. The molecule has 156 valence electrons. The normalized spacial score (nSPS) is 11.1. The Hall–Kier alpha value is -1.77. The molecule has 1 aromatic heterocycles. The summed E-state index contributed by atoms with van der Waals surface area (Å²) in [5.41, 5.74) is 4.87. The summed E-state index contributed by atoms with van der Waals surface area (Å²) >= 11 is 0. The minimum Gasteiger partial charge on any atom is -0.492 e. The van der Waals surface area contributed by atoms with E-state index in [-0.39, 0.29) is 24.0 Å². The number of rotatable bonds is 9. The van der Waals surface area contributed by atoms with Gasteiger partial charge in [-0.3, -0.25) is 4.68 Å². The van der Waals surface area contributed by atoms with E-state index in [1.165, 1.54) is 16.8 Å². The summed E-state index contributed by atoms with van der Waals surface area (Å²) in [6, 6.07) is 8.10. The molecule has 1 aromatic carbocycles. The zero-order valence-corrected chi connectivity index (χ0v) is 20.0. The van der Waals surface area contributed by atoms with Gasteiger partial charge < -0.3 is 15.4 Å². The number of ether oxygens (including phenoxy) is 1. The lowest BCUT2D eigenvalue weighted by atomic mass is 10.1. The van der Waals surface area contributed by atoms with Crippen LogP contribution in [0.5, 0.6) is 5.75 Å². The predicted molar refractivity (Wildman–Crippen MR) is 127 cm³/mol. The van der Waals surface area contributed by atoms with Crippen molar-refractivity contribution in [2.24, 2.45) is 12.0 Å². The van der Waals surface area contributed by atoms with Gasteiger partial charge in [0.05, 0.1) is 18.8 Å². The van der Waals surface area contributed by atoms with E-state index in [1.54, 1.807) is 0 Å². The number of aliphatic imine (C=N–C) groups is 1. The Morgan fingerprint density at radius 3 is 2.43 bits per heavy atom. The van der Waals surface area contributed by atoms with Crippen molar-refractivity contribution in [2.75, 3.05) is 19.7 Å². The van der Waals surface area contributed by atoms with Crippen LogP contribution in [0.3, 0.4) is 0 Å². The van der Waals surface area contributed by atoms with Gasteiger partial charge in [0.15, 0.2) is 5.96 Å². The standard InChI is InChI=1S/C21H33N5O.HI/c1-6-19-18(20(7-2)26(5)25-19)15-24-21(22-8-3)23-13-14-27-17-11-9-16(4)10-12-17;/h9-12H,6-8,13-15H2,1-5H3,(H2,22,23,24);1H. The molecular formula is C21H34IN5O. The highest BCUT2D eigenvalue weighted by atomic mass is 127. The Morgan fingerprint density at radius 1 is 1.11 bits per heavy atom. The third kappa shape index (κ3) is 7.00. The average Bonchev–Trinajstić information content (AvgIpc) is 2.99. The highest BCUT2D eigenvalue weighted by Crippen LogP contribution is 2.16. The molecule has 2 N–H and O–H groups in total. The van der Waals surface area contributed by atoms with Gasteiger partial charge in [-0.05, 0) is 38.8 Å². The van der Waals surface area contributed by atoms with E-state index in [1.807, 2.05) is 23.9 Å². The molecule has 0 fully saturated rings. The number of hydrogen-bond donors (Lipinski definition) is 2. The van der Waals surface area contributed by atoms with Crippen LogP contribution in [0.1, 0.15) is 43.3 Å². The minimum absolute atomic E-state index is 0. The van der Waals surface area contributed by atoms with Gasteiger partial charge in [-0.25, -0.2) is 4.99 Å². The van der Waals surface area contributed by atoms with E-state index in [0.29, 0.717) is 19.7 Å². The quantitative estimate of drug-likeness (QED) is 0.240. The third-order valence-electron chi connectivity index (χ3n) is 4.45. The molecule has 0 aliphatic heterocycles. The molecule has 7 heteroatoms. The van der Waals surface area contributed by atoms with Gasteiger partial charge in [0.25, 0.3) is 0 Å². The molecule has 0 saturated carbocycles. The Bertz CT molecular complexity index is 740. The van der Waals surface area contributed by atoms with E-state index < -0.39 is 0 Å². The number of guanidine groups is 1. The van der Waals surface area contributed by atoms with E-state index in [9.17, 15) is 0 Å². The second kappa shape index (κ2) is 12.6. The number of halogens is 1. The first-order valence-corrected chi connectivity index (χ1v) is 9.84. The van der Waals surface area contributed by atoms with Crippen molar-refractivity contribution < 1.29 is 4.74 Å². The topological polar surface area (TPSA) is 63.5 Å². The van der Waals surface area contributed by atoms with Crippen LogP contribution in [-0.2, 0) is 26.4 Å². The van der Waals surface area contributed by atoms with Gasteiger partial charge in [-0.2, -0.15) is 5.10 Å². The predicted octanol–water partition coefficient (Wildman–Crippen LogP) is 3.61. The SMILES string of the molecule is CCNC(=NCc1c(CC)nn(C)c1CC)NCCOc1ccc(C)cc1.I. The number of nitrogens with one attached hydrogen (secondary N) is 2. The second-order valence-electron chi connectivity index (χ2n) is 6.49. The first-order chi connectivity index (χ1) is 13.1. The van der Waals surface area contributed by atoms with Crippen LogP contribution >= 0.6 is 24.0 Å². The fourth-order valence-electron chi connectivity index (χ4n) is 3.05. The molecule has 1 heterocycles. The first-order valence-electron chi connectivity index (χ1n) is 9.84. The Kier molecular flexibility index (Phi) is 11.0. The third-order valence-corrected chi connectivity index (χ3v) is 4.45. The summed E-state index contributed by atoms with van der Waals surface area (Å²) in [6.07, 6.45) is 1.88. The van der Waals surface area contributed by atoms with Crippen LogP contribution in [0.4, 0.5) is 0 Å². The van der Waals surface area contributed by atoms with Crippen LogP contribution in [-0.4, -0.2) is 35.4 Å². The molecule has 0 radical (unpaired) electrons. The van der Waals surface area contributed by atoms with E-state index >= 15 is 0 Å². The summed E-state index contributed by atoms with van der Waals surface area (Å²) in [5.74, 6) is 1.69. The Morgan fingerprint density at radius 2 is 1.82 bits per heavy atom. The zero-order chi connectivity index (χ0) is 19.6. The molecule has 2 rings (SSSR count). The molecule has 2 aromatic rings. The van der Waals surface area contributed by atoms with Gasteiger partial charge >= 0.3 is 0 Å². The van der Waals surface area contributed by atoms with Crippen molar-refractivity contribution in [1.82, 2.24) is 20.4 Å². The van der Waals surface area contributed by atoms with E-state index in [4.69, 9.17) is 9.73 Å². The van der Waals surface area contributed by atoms with Gasteiger partial charge in [0.2, 0.25) is 0 Å². The van der Waals surface area contributed by atoms with Crippen molar-refractivity contribution >= 4 is 29.9 Å². The summed E-state index contributed by atoms with van der Waals surface area (Å²) < 4.78 is 7.76. The highest BCUT2D eigenvalue weighted by Gasteiger charge is 2.13. The number of aromatic nitrogens is 2. The van der Waals surface area contributed by atoms with Crippen molar-refractivity contribution in [2.45, 2.75) is 47.1 Å². The Balaban J connectivity index is 0.00000392. The lowest BCUT2D eigenvalue weighted by molar-refractivity contribution is 0.322. The summed E-state index contributed by atoms with van der Waals surface area (Å²) in [4.78, 5) is 4.76. The van der Waals surface area contributed by atoms with Gasteiger partial charge in [-0.1, -0.05) is 31.5 Å². The van der Waals surface area contributed by atoms with E-state index in [2.05, 4.69) is 55.6 Å². The Labute approximate surface area is 186 Å². The second-order valence-corrected chi connectivity index (χ2v) is 6.49. The number of nitrogens with zero attached hydrogens (tertiary/aromatic N) is 3. The van der Waals surface area contributed by atoms with Crippen LogP contribution < -0.4 is 15.4 Å². The molecule has 0 unspecified atom stereocenters. The average molecular weight is 499 g/mol. The summed E-state index contributed by atoms with van der Waals surface area (Å²) in [7, 11) is 2.01. The van der Waals surface area contributed by atoms with Crippen LogP contribution in [0.2, 0.25) is 0 Å². The molecule has 0 spiro atoms. The molecule has 0 bridgehead atoms. The van der Waals surface area contributed by atoms with Gasteiger partial charge in [-0.15, -0.1) is 24.0 Å². The van der Waals surface area contributed by atoms with Crippen molar-refractivity contribution in [3.05, 3.63) is 46.8 Å². The fourth-order valence-corrected chi connectivity index (χ4v) is 3.05. The lowest BCUT2D eigenvalue weighted by Gasteiger charge is -2.12. The molecule has 0 atom stereocenters. The molecule has 0 aliphatic rings. The maximum atomic E-state index is 5.77. The monoisotopic (exact) mass is 499 g/mol. The number of hydrogen-bond acceptors (Lipinski definition) is 3. The van der Waals surface area contributed by atoms with Crippen molar-refractivity contribution in [3.8, 4) is 5.75 Å². The maximum Gasteiger partial charge on any atom is 0.191 e. The largest absolute Gasteiger partial charge is 0.492 e. The fraction of sp³-hybridized carbons (Fsp3) is 0.524. The molecule has 6 nitrogen and oxygen atoms in total. The van der Waals surface area contributed by atoms with Crippen molar-refractivity contribution in [3.63, 3.8) is 0 Å². The zero-order valence-electron chi connectivity index (χ0n) is 17.7. The smallest absolute Gasteiger partial charge is 0.191 e. The van der Waals surface area contributed by atoms with Gasteiger partial charge in [0.1, 0.15) is 12.4 Å². The van der Waals surface area contributed by atoms with Crippen LogP contribution in [0.15, 0.2) is 29.3 Å².